The van der Waals surface area contributed by atoms with Crippen LogP contribution in [0.2, 0.25) is 5.02 Å². The highest BCUT2D eigenvalue weighted by Gasteiger charge is 2.23. The minimum absolute atomic E-state index is 0.277. The van der Waals surface area contributed by atoms with Gasteiger partial charge in [-0.15, -0.1) is 0 Å². The fraction of sp³-hybridized carbons (Fsp3) is 0.158. The van der Waals surface area contributed by atoms with Crippen LogP contribution in [0, 0.1) is 6.92 Å². The summed E-state index contributed by atoms with van der Waals surface area (Å²) >= 11 is 6.18. The maximum Gasteiger partial charge on any atom is 0.275 e. The lowest BCUT2D eigenvalue weighted by molar-refractivity contribution is -0.115. The quantitative estimate of drug-likeness (QED) is 0.852. The Morgan fingerprint density at radius 2 is 1.84 bits per heavy atom. The number of ether oxygens (including phenoxy) is 2. The molecular formula is C19H17ClN2O3. The highest BCUT2D eigenvalue weighted by Crippen LogP contribution is 2.31. The Morgan fingerprint density at radius 3 is 2.52 bits per heavy atom. The van der Waals surface area contributed by atoms with Crippen molar-refractivity contribution in [2.75, 3.05) is 14.2 Å². The Balaban J connectivity index is 2.04. The molecule has 0 bridgehead atoms. The molecule has 5 nitrogen and oxygen atoms in total. The molecule has 0 aliphatic carbocycles. The molecule has 2 aromatic carbocycles. The molecule has 0 saturated heterocycles. The first-order chi connectivity index (χ1) is 12.0. The number of nitrogens with one attached hydrogen (secondary N) is 1. The van der Waals surface area contributed by atoms with Crippen molar-refractivity contribution in [3.63, 3.8) is 0 Å². The lowest BCUT2D eigenvalue weighted by atomic mass is 10.1. The number of carbonyl (C=O) groups excluding carboxylic acids is 1. The van der Waals surface area contributed by atoms with Crippen molar-refractivity contribution in [2.24, 2.45) is 4.99 Å². The van der Waals surface area contributed by atoms with E-state index in [4.69, 9.17) is 21.1 Å². The second kappa shape index (κ2) is 6.99. The van der Waals surface area contributed by atoms with Crippen LogP contribution >= 0.6 is 11.6 Å². The van der Waals surface area contributed by atoms with Crippen LogP contribution in [0.4, 0.5) is 0 Å². The first-order valence-electron chi connectivity index (χ1n) is 7.62. The lowest BCUT2D eigenvalue weighted by Gasteiger charge is -2.10. The van der Waals surface area contributed by atoms with E-state index in [-0.39, 0.29) is 11.6 Å². The van der Waals surface area contributed by atoms with Gasteiger partial charge >= 0.3 is 0 Å². The van der Waals surface area contributed by atoms with Crippen molar-refractivity contribution in [2.45, 2.75) is 6.92 Å². The van der Waals surface area contributed by atoms with Crippen molar-refractivity contribution in [1.29, 1.82) is 0 Å². The number of benzene rings is 2. The molecule has 0 spiro atoms. The number of amidine groups is 1. The van der Waals surface area contributed by atoms with Crippen LogP contribution in [-0.4, -0.2) is 26.0 Å². The van der Waals surface area contributed by atoms with Crippen LogP contribution in [-0.2, 0) is 4.79 Å². The zero-order valence-corrected chi connectivity index (χ0v) is 14.8. The first kappa shape index (κ1) is 17.0. The number of hydrogen-bond donors (Lipinski definition) is 1. The Labute approximate surface area is 150 Å². The summed E-state index contributed by atoms with van der Waals surface area (Å²) in [6, 6.07) is 10.9. The highest BCUT2D eigenvalue weighted by molar-refractivity contribution is 6.35. The van der Waals surface area contributed by atoms with Gasteiger partial charge in [0.25, 0.3) is 5.91 Å². The number of halogens is 1. The largest absolute Gasteiger partial charge is 0.496 e. The third kappa shape index (κ3) is 3.37. The van der Waals surface area contributed by atoms with E-state index in [2.05, 4.69) is 10.3 Å². The van der Waals surface area contributed by atoms with Gasteiger partial charge in [0.05, 0.1) is 19.2 Å². The summed E-state index contributed by atoms with van der Waals surface area (Å²) in [6.45, 7) is 1.92. The Morgan fingerprint density at radius 1 is 1.12 bits per heavy atom. The molecule has 128 valence electrons. The van der Waals surface area contributed by atoms with Gasteiger partial charge in [-0.2, -0.15) is 0 Å². The molecule has 2 aromatic rings. The molecule has 1 aliphatic heterocycles. The average Bonchev–Trinajstić information content (AvgIpc) is 2.96. The van der Waals surface area contributed by atoms with Gasteiger partial charge in [-0.3, -0.25) is 4.79 Å². The second-order valence-electron chi connectivity index (χ2n) is 5.49. The number of hydrogen-bond acceptors (Lipinski definition) is 4. The van der Waals surface area contributed by atoms with Crippen LogP contribution < -0.4 is 14.8 Å². The normalized spacial score (nSPS) is 15.1. The highest BCUT2D eigenvalue weighted by atomic mass is 35.5. The molecule has 1 heterocycles. The van der Waals surface area contributed by atoms with Gasteiger partial charge < -0.3 is 14.8 Å². The van der Waals surface area contributed by atoms with Gasteiger partial charge in [-0.25, -0.2) is 4.99 Å². The predicted molar refractivity (Wildman–Crippen MR) is 98.4 cm³/mol. The van der Waals surface area contributed by atoms with Crippen molar-refractivity contribution >= 4 is 29.4 Å². The molecule has 25 heavy (non-hydrogen) atoms. The summed E-state index contributed by atoms with van der Waals surface area (Å²) in [5.41, 5.74) is 2.60. The Bertz CT molecular complexity index is 904. The molecule has 0 unspecified atom stereocenters. The van der Waals surface area contributed by atoms with Crippen molar-refractivity contribution in [3.05, 3.63) is 63.8 Å². The van der Waals surface area contributed by atoms with E-state index in [0.29, 0.717) is 33.5 Å². The third-order valence-corrected chi connectivity index (χ3v) is 4.19. The summed E-state index contributed by atoms with van der Waals surface area (Å²) in [7, 11) is 3.18. The van der Waals surface area contributed by atoms with E-state index >= 15 is 0 Å². The molecule has 1 amide bonds. The molecule has 0 aromatic heterocycles. The third-order valence-electron chi connectivity index (χ3n) is 3.87. The number of aliphatic imine (C=N–C) groups is 1. The summed E-state index contributed by atoms with van der Waals surface area (Å²) in [4.78, 5) is 16.7. The molecule has 0 saturated carbocycles. The van der Waals surface area contributed by atoms with Gasteiger partial charge in [-0.05, 0) is 42.8 Å². The van der Waals surface area contributed by atoms with Gasteiger partial charge in [0.1, 0.15) is 23.0 Å². The Kier molecular flexibility index (Phi) is 4.76. The molecular weight excluding hydrogens is 340 g/mol. The second-order valence-corrected chi connectivity index (χ2v) is 5.89. The SMILES string of the molecule is COc1cc(/C=C2/N=C(c3ccccc3Cl)NC2=O)c(OC)cc1C. The minimum Gasteiger partial charge on any atom is -0.496 e. The number of aryl methyl sites for hydroxylation is 1. The molecule has 1 aliphatic rings. The van der Waals surface area contributed by atoms with Gasteiger partial charge in [0, 0.05) is 11.1 Å². The summed E-state index contributed by atoms with van der Waals surface area (Å²) in [5.74, 6) is 1.48. The maximum absolute atomic E-state index is 12.3. The monoisotopic (exact) mass is 356 g/mol. The van der Waals surface area contributed by atoms with Gasteiger partial charge in [0.15, 0.2) is 0 Å². The number of carbonyl (C=O) groups is 1. The fourth-order valence-corrected chi connectivity index (χ4v) is 2.81. The number of methoxy groups -OCH3 is 2. The topological polar surface area (TPSA) is 59.9 Å². The van der Waals surface area contributed by atoms with Crippen LogP contribution in [0.3, 0.4) is 0 Å². The van der Waals surface area contributed by atoms with Crippen LogP contribution in [0.5, 0.6) is 11.5 Å². The Hall–Kier alpha value is -2.79. The zero-order valence-electron chi connectivity index (χ0n) is 14.1. The van der Waals surface area contributed by atoms with E-state index in [0.717, 1.165) is 5.56 Å². The van der Waals surface area contributed by atoms with E-state index in [9.17, 15) is 4.79 Å². The van der Waals surface area contributed by atoms with Gasteiger partial charge in [0.2, 0.25) is 0 Å². The fourth-order valence-electron chi connectivity index (χ4n) is 2.58. The smallest absolute Gasteiger partial charge is 0.275 e. The van der Waals surface area contributed by atoms with Crippen LogP contribution in [0.1, 0.15) is 16.7 Å². The zero-order chi connectivity index (χ0) is 18.0. The van der Waals surface area contributed by atoms with Gasteiger partial charge in [-0.1, -0.05) is 23.7 Å². The standard InChI is InChI=1S/C19H17ClN2O3/c1-11-8-17(25-3)12(10-16(11)24-2)9-15-19(23)22-18(21-15)13-6-4-5-7-14(13)20/h4-10H,1-3H3,(H,21,22,23)/b15-9+. The van der Waals surface area contributed by atoms with E-state index in [1.54, 1.807) is 32.4 Å². The minimum atomic E-state index is -0.295. The number of amides is 1. The van der Waals surface area contributed by atoms with Crippen LogP contribution in [0.15, 0.2) is 47.1 Å². The average molecular weight is 357 g/mol. The first-order valence-corrected chi connectivity index (χ1v) is 8.00. The maximum atomic E-state index is 12.3. The molecule has 1 N–H and O–H groups in total. The van der Waals surface area contributed by atoms with Crippen molar-refractivity contribution in [3.8, 4) is 11.5 Å². The van der Waals surface area contributed by atoms with E-state index < -0.39 is 0 Å². The van der Waals surface area contributed by atoms with Crippen molar-refractivity contribution < 1.29 is 14.3 Å². The summed E-state index contributed by atoms with van der Waals surface area (Å²) in [5, 5.41) is 3.27. The van der Waals surface area contributed by atoms with E-state index in [1.807, 2.05) is 31.2 Å². The molecule has 0 radical (unpaired) electrons. The van der Waals surface area contributed by atoms with E-state index in [1.165, 1.54) is 0 Å². The summed E-state index contributed by atoms with van der Waals surface area (Å²) < 4.78 is 10.7. The predicted octanol–water partition coefficient (Wildman–Crippen LogP) is 3.58. The van der Waals surface area contributed by atoms with Crippen LogP contribution in [0.25, 0.3) is 6.08 Å². The molecule has 0 atom stereocenters. The molecule has 6 heteroatoms. The lowest BCUT2D eigenvalue weighted by Crippen LogP contribution is -2.24. The van der Waals surface area contributed by atoms with Crippen molar-refractivity contribution in [1.82, 2.24) is 5.32 Å². The molecule has 0 fully saturated rings. The number of rotatable bonds is 4. The molecule has 3 rings (SSSR count). The summed E-state index contributed by atoms with van der Waals surface area (Å²) in [6.07, 6.45) is 1.67. The number of nitrogens with zero attached hydrogens (tertiary/aromatic N) is 1.